The van der Waals surface area contributed by atoms with Crippen molar-refractivity contribution >= 4 is 5.97 Å². The van der Waals surface area contributed by atoms with Crippen molar-refractivity contribution in [2.24, 2.45) is 12.8 Å². The molecule has 0 unspecified atom stereocenters. The predicted octanol–water partition coefficient (Wildman–Crippen LogP) is 4.72. The number of hydrogen-bond donors (Lipinski definition) is 2. The largest absolute Gasteiger partial charge is 0.476 e. The molecule has 1 aliphatic rings. The molecule has 3 aromatic rings. The van der Waals surface area contributed by atoms with Gasteiger partial charge in [0, 0.05) is 24.5 Å². The maximum Gasteiger partial charge on any atom is 0.356 e. The highest BCUT2D eigenvalue weighted by Crippen LogP contribution is 2.28. The van der Waals surface area contributed by atoms with Crippen LogP contribution in [0.5, 0.6) is 0 Å². The van der Waals surface area contributed by atoms with Crippen LogP contribution in [-0.4, -0.2) is 31.2 Å². The molecule has 6 heteroatoms. The van der Waals surface area contributed by atoms with E-state index >= 15 is 0 Å². The van der Waals surface area contributed by atoms with E-state index in [0.29, 0.717) is 24.0 Å². The predicted molar refractivity (Wildman–Crippen MR) is 120 cm³/mol. The van der Waals surface area contributed by atoms with Gasteiger partial charge in [-0.05, 0) is 50.5 Å². The highest BCUT2D eigenvalue weighted by Gasteiger charge is 2.24. The number of benzene rings is 1. The van der Waals surface area contributed by atoms with Crippen LogP contribution in [0, 0.1) is 6.92 Å². The molecule has 2 aromatic heterocycles. The average molecular weight is 409 g/mol. The van der Waals surface area contributed by atoms with Gasteiger partial charge in [-0.1, -0.05) is 44.4 Å². The molecule has 1 aliphatic carbocycles. The lowest BCUT2D eigenvalue weighted by molar-refractivity contribution is 0.0690. The van der Waals surface area contributed by atoms with Crippen molar-refractivity contribution in [2.45, 2.75) is 58.4 Å². The van der Waals surface area contributed by atoms with Gasteiger partial charge in [-0.3, -0.25) is 4.57 Å². The van der Waals surface area contributed by atoms with E-state index in [9.17, 15) is 9.90 Å². The Morgan fingerprint density at radius 1 is 1.13 bits per heavy atom. The summed E-state index contributed by atoms with van der Waals surface area (Å²) in [4.78, 5) is 16.1. The molecule has 2 heterocycles. The van der Waals surface area contributed by atoms with E-state index in [4.69, 9.17) is 5.73 Å². The first-order valence-corrected chi connectivity index (χ1v) is 10.7. The van der Waals surface area contributed by atoms with Crippen molar-refractivity contribution in [3.05, 3.63) is 59.5 Å². The summed E-state index contributed by atoms with van der Waals surface area (Å²) in [5.41, 5.74) is 9.36. The molecule has 30 heavy (non-hydrogen) atoms. The highest BCUT2D eigenvalue weighted by atomic mass is 16.4. The lowest BCUT2D eigenvalue weighted by Gasteiger charge is -2.15. The Hall–Kier alpha value is -2.86. The van der Waals surface area contributed by atoms with E-state index in [1.54, 1.807) is 0 Å². The van der Waals surface area contributed by atoms with Crippen molar-refractivity contribution in [1.82, 2.24) is 14.1 Å². The molecule has 0 bridgehead atoms. The molecule has 0 amide bonds. The second kappa shape index (κ2) is 9.76. The van der Waals surface area contributed by atoms with Gasteiger partial charge in [0.2, 0.25) is 0 Å². The molecule has 1 saturated carbocycles. The number of aromatic carboxylic acids is 1. The Labute approximate surface area is 178 Å². The lowest BCUT2D eigenvalue weighted by Crippen LogP contribution is -2.22. The molecule has 0 saturated heterocycles. The molecule has 0 spiro atoms. The number of imidazole rings is 1. The fourth-order valence-corrected chi connectivity index (χ4v) is 3.95. The number of nitrogens with zero attached hydrogens (tertiary/aromatic N) is 3. The van der Waals surface area contributed by atoms with Crippen LogP contribution in [0.4, 0.5) is 0 Å². The molecular formula is C24H32N4O2. The fraction of sp³-hybridized carbons (Fsp3) is 0.417. The van der Waals surface area contributed by atoms with Crippen LogP contribution in [0.25, 0.3) is 17.2 Å². The van der Waals surface area contributed by atoms with Crippen LogP contribution in [0.3, 0.4) is 0 Å². The van der Waals surface area contributed by atoms with Crippen LogP contribution >= 0.6 is 0 Å². The zero-order valence-corrected chi connectivity index (χ0v) is 18.1. The van der Waals surface area contributed by atoms with Crippen molar-refractivity contribution in [1.29, 1.82) is 0 Å². The summed E-state index contributed by atoms with van der Waals surface area (Å²) in [6.45, 7) is 3.96. The Morgan fingerprint density at radius 3 is 2.27 bits per heavy atom. The van der Waals surface area contributed by atoms with Gasteiger partial charge in [-0.2, -0.15) is 0 Å². The van der Waals surface area contributed by atoms with Crippen LogP contribution in [0.2, 0.25) is 0 Å². The number of aryl methyl sites for hydroxylation is 1. The third-order valence-electron chi connectivity index (χ3n) is 5.78. The monoisotopic (exact) mass is 408 g/mol. The number of aromatic nitrogens is 3. The summed E-state index contributed by atoms with van der Waals surface area (Å²) in [5, 5.41) is 9.52. The van der Waals surface area contributed by atoms with E-state index in [2.05, 4.69) is 4.98 Å². The summed E-state index contributed by atoms with van der Waals surface area (Å²) in [5.74, 6) is -0.343. The molecule has 160 valence electrons. The Morgan fingerprint density at radius 2 is 1.80 bits per heavy atom. The standard InChI is InChI=1S/C18H19N3O2.C6H13N/c1-4-14-16(18(22)23)19-17(15-11-10-12(2)20(15)3)21(14)13-8-6-5-7-9-13;7-6-4-2-1-3-5-6/h5-11H,4H2,1-3H3,(H,22,23);6H,1-5,7H2. The van der Waals surface area contributed by atoms with Crippen LogP contribution in [-0.2, 0) is 13.5 Å². The first kappa shape index (κ1) is 21.8. The van der Waals surface area contributed by atoms with Crippen molar-refractivity contribution in [3.8, 4) is 17.2 Å². The third kappa shape index (κ3) is 4.65. The number of carbonyl (C=O) groups is 1. The Bertz CT molecular complexity index is 982. The number of nitrogens with two attached hydrogens (primary N) is 1. The van der Waals surface area contributed by atoms with Gasteiger partial charge < -0.3 is 15.4 Å². The summed E-state index contributed by atoms with van der Waals surface area (Å²) in [6.07, 6.45) is 7.25. The quantitative estimate of drug-likeness (QED) is 0.654. The van der Waals surface area contributed by atoms with Gasteiger partial charge >= 0.3 is 5.97 Å². The minimum atomic E-state index is -0.997. The van der Waals surface area contributed by atoms with E-state index in [1.807, 2.05) is 72.5 Å². The lowest BCUT2D eigenvalue weighted by atomic mass is 9.97. The third-order valence-corrected chi connectivity index (χ3v) is 5.78. The average Bonchev–Trinajstić information content (AvgIpc) is 3.30. The topological polar surface area (TPSA) is 86.1 Å². The summed E-state index contributed by atoms with van der Waals surface area (Å²) >= 11 is 0. The maximum absolute atomic E-state index is 11.6. The summed E-state index contributed by atoms with van der Waals surface area (Å²) in [7, 11) is 1.96. The summed E-state index contributed by atoms with van der Waals surface area (Å²) in [6, 6.07) is 14.3. The maximum atomic E-state index is 11.6. The number of hydrogen-bond acceptors (Lipinski definition) is 3. The normalized spacial score (nSPS) is 14.3. The van der Waals surface area contributed by atoms with Gasteiger partial charge in [0.25, 0.3) is 0 Å². The molecule has 6 nitrogen and oxygen atoms in total. The van der Waals surface area contributed by atoms with Crippen molar-refractivity contribution in [2.75, 3.05) is 0 Å². The number of carboxylic acid groups (broad SMARTS) is 1. The zero-order chi connectivity index (χ0) is 21.7. The molecule has 1 aromatic carbocycles. The molecule has 4 rings (SSSR count). The highest BCUT2D eigenvalue weighted by molar-refractivity contribution is 5.88. The molecule has 0 aliphatic heterocycles. The second-order valence-corrected chi connectivity index (χ2v) is 7.88. The first-order valence-electron chi connectivity index (χ1n) is 10.7. The van der Waals surface area contributed by atoms with Crippen LogP contribution in [0.15, 0.2) is 42.5 Å². The van der Waals surface area contributed by atoms with E-state index in [0.717, 1.165) is 17.1 Å². The van der Waals surface area contributed by atoms with Gasteiger partial charge in [0.05, 0.1) is 11.4 Å². The fourth-order valence-electron chi connectivity index (χ4n) is 3.95. The minimum absolute atomic E-state index is 0.116. The van der Waals surface area contributed by atoms with E-state index in [1.165, 1.54) is 32.1 Å². The van der Waals surface area contributed by atoms with Gasteiger partial charge in [0.15, 0.2) is 11.5 Å². The van der Waals surface area contributed by atoms with E-state index in [-0.39, 0.29) is 5.69 Å². The van der Waals surface area contributed by atoms with Gasteiger partial charge in [0.1, 0.15) is 0 Å². The van der Waals surface area contributed by atoms with Gasteiger partial charge in [-0.25, -0.2) is 9.78 Å². The molecule has 0 radical (unpaired) electrons. The Kier molecular flexibility index (Phi) is 7.11. The number of carboxylic acids is 1. The second-order valence-electron chi connectivity index (χ2n) is 7.88. The molecular weight excluding hydrogens is 376 g/mol. The summed E-state index contributed by atoms with van der Waals surface area (Å²) < 4.78 is 3.96. The van der Waals surface area contributed by atoms with Gasteiger partial charge in [-0.15, -0.1) is 0 Å². The minimum Gasteiger partial charge on any atom is -0.476 e. The van der Waals surface area contributed by atoms with Crippen molar-refractivity contribution in [3.63, 3.8) is 0 Å². The smallest absolute Gasteiger partial charge is 0.356 e. The van der Waals surface area contributed by atoms with Crippen LogP contribution in [0.1, 0.15) is 60.9 Å². The van der Waals surface area contributed by atoms with Crippen LogP contribution < -0.4 is 5.73 Å². The molecule has 3 N–H and O–H groups in total. The SMILES string of the molecule is CCc1c(C(=O)O)nc(-c2ccc(C)n2C)n1-c1ccccc1.NC1CCCCC1. The van der Waals surface area contributed by atoms with Crippen molar-refractivity contribution < 1.29 is 9.90 Å². The zero-order valence-electron chi connectivity index (χ0n) is 18.1. The first-order chi connectivity index (χ1) is 14.4. The van der Waals surface area contributed by atoms with E-state index < -0.39 is 5.97 Å². The number of rotatable bonds is 4. The Balaban J connectivity index is 0.000000310. The number of para-hydroxylation sites is 1. The molecule has 0 atom stereocenters. The molecule has 1 fully saturated rings.